The summed E-state index contributed by atoms with van der Waals surface area (Å²) in [5.74, 6) is -1.97. The molecule has 186 valence electrons. The highest BCUT2D eigenvalue weighted by atomic mass is 35.5. The van der Waals surface area contributed by atoms with Gasteiger partial charge in [-0.2, -0.15) is 5.10 Å². The predicted molar refractivity (Wildman–Crippen MR) is 137 cm³/mol. The SMILES string of the molecule is COC(=O)c1ccc2c3n(nc2c1)[C@@H]1[C@H](C3)N[C@@]2(C(=O)Nc3cc(Cl)ccc32)[C@H]1c1cccc(Cl)c1F. The minimum atomic E-state index is -1.26. The fourth-order valence-corrected chi connectivity index (χ4v) is 6.79. The number of carbonyl (C=O) groups is 2. The normalized spacial score (nSPS) is 25.3. The van der Waals surface area contributed by atoms with Gasteiger partial charge in [0.1, 0.15) is 11.4 Å². The number of nitrogens with zero attached hydrogens (tertiary/aromatic N) is 2. The van der Waals surface area contributed by atoms with Gasteiger partial charge in [0, 0.05) is 45.7 Å². The summed E-state index contributed by atoms with van der Waals surface area (Å²) in [6.07, 6.45) is 0.565. The van der Waals surface area contributed by atoms with Gasteiger partial charge in [-0.3, -0.25) is 14.8 Å². The van der Waals surface area contributed by atoms with E-state index in [2.05, 4.69) is 10.6 Å². The van der Waals surface area contributed by atoms with E-state index in [0.717, 1.165) is 11.1 Å². The lowest BCUT2D eigenvalue weighted by molar-refractivity contribution is -0.122. The number of carbonyl (C=O) groups excluding carboxylic acids is 2. The summed E-state index contributed by atoms with van der Waals surface area (Å²) in [5.41, 5.74) is 2.33. The van der Waals surface area contributed by atoms with Gasteiger partial charge in [0.2, 0.25) is 5.91 Å². The number of methoxy groups -OCH3 is 1. The molecular formula is C27H19Cl2FN4O3. The van der Waals surface area contributed by atoms with Crippen molar-refractivity contribution in [3.63, 3.8) is 0 Å². The fourth-order valence-electron chi connectivity index (χ4n) is 6.44. The van der Waals surface area contributed by atoms with E-state index in [1.54, 1.807) is 36.4 Å². The van der Waals surface area contributed by atoms with Gasteiger partial charge < -0.3 is 10.1 Å². The van der Waals surface area contributed by atoms with Crippen molar-refractivity contribution in [2.24, 2.45) is 0 Å². The van der Waals surface area contributed by atoms with Crippen LogP contribution in [0.15, 0.2) is 54.6 Å². The maximum atomic E-state index is 15.7. The van der Waals surface area contributed by atoms with Crippen LogP contribution < -0.4 is 10.6 Å². The van der Waals surface area contributed by atoms with Crippen molar-refractivity contribution in [3.8, 4) is 0 Å². The minimum Gasteiger partial charge on any atom is -0.465 e. The zero-order chi connectivity index (χ0) is 25.6. The number of nitrogens with one attached hydrogen (secondary N) is 2. The van der Waals surface area contributed by atoms with E-state index in [9.17, 15) is 9.59 Å². The van der Waals surface area contributed by atoms with Crippen LogP contribution in [0.4, 0.5) is 10.1 Å². The van der Waals surface area contributed by atoms with E-state index >= 15 is 4.39 Å². The molecule has 3 aromatic carbocycles. The van der Waals surface area contributed by atoms with E-state index in [4.69, 9.17) is 33.0 Å². The van der Waals surface area contributed by atoms with Gasteiger partial charge in [0.15, 0.2) is 0 Å². The summed E-state index contributed by atoms with van der Waals surface area (Å²) < 4.78 is 22.4. The van der Waals surface area contributed by atoms with Gasteiger partial charge in [0.25, 0.3) is 0 Å². The van der Waals surface area contributed by atoms with Crippen molar-refractivity contribution in [1.82, 2.24) is 15.1 Å². The third kappa shape index (κ3) is 2.94. The lowest BCUT2D eigenvalue weighted by atomic mass is 9.74. The highest BCUT2D eigenvalue weighted by Crippen LogP contribution is 2.59. The summed E-state index contributed by atoms with van der Waals surface area (Å²) in [7, 11) is 1.33. The Morgan fingerprint density at radius 2 is 2.03 bits per heavy atom. The van der Waals surface area contributed by atoms with Crippen molar-refractivity contribution in [2.75, 3.05) is 12.4 Å². The highest BCUT2D eigenvalue weighted by Gasteiger charge is 2.65. The molecule has 7 nitrogen and oxygen atoms in total. The number of halogens is 3. The zero-order valence-corrected chi connectivity index (χ0v) is 20.9. The molecule has 0 aliphatic carbocycles. The molecule has 37 heavy (non-hydrogen) atoms. The van der Waals surface area contributed by atoms with Gasteiger partial charge in [-0.05, 0) is 35.9 Å². The first-order chi connectivity index (χ1) is 17.8. The Morgan fingerprint density at radius 1 is 1.19 bits per heavy atom. The molecule has 0 radical (unpaired) electrons. The molecule has 1 fully saturated rings. The van der Waals surface area contributed by atoms with Crippen LogP contribution in [-0.4, -0.2) is 34.8 Å². The Labute approximate surface area is 220 Å². The maximum Gasteiger partial charge on any atom is 0.337 e. The molecule has 4 atom stereocenters. The monoisotopic (exact) mass is 536 g/mol. The second kappa shape index (κ2) is 7.77. The lowest BCUT2D eigenvalue weighted by Crippen LogP contribution is -2.49. The van der Waals surface area contributed by atoms with E-state index in [0.29, 0.717) is 39.3 Å². The van der Waals surface area contributed by atoms with E-state index in [-0.39, 0.29) is 17.0 Å². The molecule has 7 rings (SSSR count). The molecule has 2 N–H and O–H groups in total. The Bertz CT molecular complexity index is 1670. The van der Waals surface area contributed by atoms with Crippen LogP contribution in [0.2, 0.25) is 10.0 Å². The van der Waals surface area contributed by atoms with Gasteiger partial charge in [-0.15, -0.1) is 0 Å². The number of aromatic nitrogens is 2. The first-order valence-corrected chi connectivity index (χ1v) is 12.5. The number of esters is 1. The molecule has 4 heterocycles. The zero-order valence-electron chi connectivity index (χ0n) is 19.4. The predicted octanol–water partition coefficient (Wildman–Crippen LogP) is 4.97. The van der Waals surface area contributed by atoms with Crippen LogP contribution in [-0.2, 0) is 21.5 Å². The maximum absolute atomic E-state index is 15.7. The number of anilines is 1. The van der Waals surface area contributed by atoms with Crippen molar-refractivity contribution < 1.29 is 18.7 Å². The summed E-state index contributed by atoms with van der Waals surface area (Å²) >= 11 is 12.5. The van der Waals surface area contributed by atoms with Gasteiger partial charge in [-0.25, -0.2) is 9.18 Å². The molecule has 1 saturated heterocycles. The number of hydrogen-bond acceptors (Lipinski definition) is 5. The van der Waals surface area contributed by atoms with Crippen molar-refractivity contribution in [3.05, 3.63) is 92.8 Å². The topological polar surface area (TPSA) is 85.2 Å². The molecule has 0 unspecified atom stereocenters. The van der Waals surface area contributed by atoms with Gasteiger partial charge in [0.05, 0.1) is 29.3 Å². The minimum absolute atomic E-state index is 0.0163. The number of amides is 1. The van der Waals surface area contributed by atoms with Crippen LogP contribution >= 0.6 is 23.2 Å². The second-order valence-electron chi connectivity index (χ2n) is 9.63. The average Bonchev–Trinajstić information content (AvgIpc) is 3.58. The molecule has 3 aliphatic rings. The van der Waals surface area contributed by atoms with Crippen LogP contribution in [0.3, 0.4) is 0 Å². The van der Waals surface area contributed by atoms with E-state index in [1.807, 2.05) is 16.8 Å². The highest BCUT2D eigenvalue weighted by molar-refractivity contribution is 6.31. The van der Waals surface area contributed by atoms with Crippen molar-refractivity contribution >= 4 is 51.7 Å². The molecular weight excluding hydrogens is 518 g/mol. The summed E-state index contributed by atoms with van der Waals surface area (Å²) in [6, 6.07) is 14.7. The Kier molecular flexibility index (Phi) is 4.77. The third-order valence-corrected chi connectivity index (χ3v) is 8.41. The number of rotatable bonds is 2. The summed E-state index contributed by atoms with van der Waals surface area (Å²) in [6.45, 7) is 0. The van der Waals surface area contributed by atoms with Crippen LogP contribution in [0, 0.1) is 5.82 Å². The van der Waals surface area contributed by atoms with Crippen LogP contribution in [0.25, 0.3) is 10.9 Å². The Balaban J connectivity index is 1.46. The van der Waals surface area contributed by atoms with Crippen molar-refractivity contribution in [2.45, 2.75) is 30.0 Å². The first kappa shape index (κ1) is 22.7. The second-order valence-corrected chi connectivity index (χ2v) is 10.5. The largest absolute Gasteiger partial charge is 0.465 e. The quantitative estimate of drug-likeness (QED) is 0.353. The van der Waals surface area contributed by atoms with E-state index < -0.39 is 29.3 Å². The fraction of sp³-hybridized carbons (Fsp3) is 0.222. The summed E-state index contributed by atoms with van der Waals surface area (Å²) in [5, 5.41) is 12.8. The standard InChI is InChI=1S/C27H19Cl2FN4O3/c1-37-25(35)12-5-7-14-18(9-12)33-34-21(14)11-20-24(34)22(15-3-2-4-17(29)23(15)30)27(32-20)16-8-6-13(28)10-19(16)31-26(27)36/h2-10,20,22,24,32H,11H2,1H3,(H,31,36)/t20-,22-,24+,27+/m0/s1. The molecule has 10 heteroatoms. The molecule has 1 amide bonds. The van der Waals surface area contributed by atoms with Gasteiger partial charge in [-0.1, -0.05) is 47.5 Å². The molecule has 4 aromatic rings. The van der Waals surface area contributed by atoms with Crippen LogP contribution in [0.5, 0.6) is 0 Å². The van der Waals surface area contributed by atoms with Crippen molar-refractivity contribution in [1.29, 1.82) is 0 Å². The first-order valence-electron chi connectivity index (χ1n) is 11.8. The Morgan fingerprint density at radius 3 is 2.84 bits per heavy atom. The summed E-state index contributed by atoms with van der Waals surface area (Å²) in [4.78, 5) is 25.9. The number of hydrogen-bond donors (Lipinski definition) is 2. The molecule has 3 aliphatic heterocycles. The van der Waals surface area contributed by atoms with Gasteiger partial charge >= 0.3 is 5.97 Å². The third-order valence-electron chi connectivity index (χ3n) is 7.88. The molecule has 0 saturated carbocycles. The number of ether oxygens (including phenoxy) is 1. The molecule has 1 aromatic heterocycles. The number of benzene rings is 3. The Hall–Kier alpha value is -3.46. The molecule has 0 bridgehead atoms. The van der Waals surface area contributed by atoms with E-state index in [1.165, 1.54) is 13.2 Å². The smallest absolute Gasteiger partial charge is 0.337 e. The average molecular weight is 537 g/mol. The lowest BCUT2D eigenvalue weighted by Gasteiger charge is -2.33. The van der Waals surface area contributed by atoms with Crippen LogP contribution in [0.1, 0.15) is 39.1 Å². The molecule has 1 spiro atoms. The number of fused-ring (bicyclic) bond motifs is 7.